The summed E-state index contributed by atoms with van der Waals surface area (Å²) < 4.78 is 21.1. The first kappa shape index (κ1) is 27.0. The number of benzene rings is 1. The van der Waals surface area contributed by atoms with Crippen molar-refractivity contribution in [2.24, 2.45) is 0 Å². The molecule has 10 heteroatoms. The molecule has 2 N–H and O–H groups in total. The Morgan fingerprint density at radius 1 is 1.09 bits per heavy atom. The van der Waals surface area contributed by atoms with Crippen LogP contribution in [-0.4, -0.2) is 65.7 Å². The molecule has 1 heterocycles. The van der Waals surface area contributed by atoms with Gasteiger partial charge in [0, 0.05) is 12.6 Å². The molecule has 2 rings (SSSR count). The predicted molar refractivity (Wildman–Crippen MR) is 125 cm³/mol. The van der Waals surface area contributed by atoms with Crippen LogP contribution in [0.5, 0.6) is 11.5 Å². The van der Waals surface area contributed by atoms with Crippen molar-refractivity contribution in [3.8, 4) is 11.5 Å². The highest BCUT2D eigenvalue weighted by Crippen LogP contribution is 2.36. The second-order valence-corrected chi connectivity index (χ2v) is 9.97. The molecule has 1 aliphatic rings. The molecule has 0 spiro atoms. The second-order valence-electron chi connectivity index (χ2n) is 9.97. The van der Waals surface area contributed by atoms with Gasteiger partial charge < -0.3 is 29.0 Å². The van der Waals surface area contributed by atoms with E-state index in [9.17, 15) is 19.5 Å². The van der Waals surface area contributed by atoms with Crippen LogP contribution in [0.3, 0.4) is 0 Å². The Kier molecular flexibility index (Phi) is 8.20. The summed E-state index contributed by atoms with van der Waals surface area (Å²) in [6, 6.07) is 2.20. The van der Waals surface area contributed by atoms with Crippen molar-refractivity contribution in [3.05, 3.63) is 29.8 Å². The van der Waals surface area contributed by atoms with Crippen LogP contribution in [0.1, 0.15) is 58.3 Å². The molecule has 1 aliphatic heterocycles. The van der Waals surface area contributed by atoms with E-state index in [0.29, 0.717) is 6.42 Å². The number of carbonyl (C=O) groups is 3. The summed E-state index contributed by atoms with van der Waals surface area (Å²) in [6.07, 6.45) is -1.32. The van der Waals surface area contributed by atoms with Crippen LogP contribution in [-0.2, 0) is 9.47 Å². The Balaban J connectivity index is 2.49. The molecule has 0 radical (unpaired) electrons. The molecule has 1 saturated heterocycles. The van der Waals surface area contributed by atoms with Crippen molar-refractivity contribution in [3.63, 3.8) is 0 Å². The number of hydrogen-bond donors (Lipinski definition) is 2. The maximum Gasteiger partial charge on any atom is 0.514 e. The van der Waals surface area contributed by atoms with E-state index in [1.165, 1.54) is 24.1 Å². The zero-order valence-corrected chi connectivity index (χ0v) is 20.8. The number of amides is 2. The van der Waals surface area contributed by atoms with Crippen LogP contribution >= 0.6 is 0 Å². The van der Waals surface area contributed by atoms with Crippen LogP contribution in [0.2, 0.25) is 0 Å². The van der Waals surface area contributed by atoms with E-state index >= 15 is 0 Å². The number of nitrogens with zero attached hydrogens (tertiary/aromatic N) is 1. The van der Waals surface area contributed by atoms with Crippen LogP contribution in [0, 0.1) is 0 Å². The molecule has 0 aromatic heterocycles. The minimum absolute atomic E-state index is 0.0350. The third-order valence-corrected chi connectivity index (χ3v) is 4.58. The Hall–Kier alpha value is -3.27. The van der Waals surface area contributed by atoms with Crippen LogP contribution in [0.25, 0.3) is 0 Å². The van der Waals surface area contributed by atoms with E-state index in [2.05, 4.69) is 11.9 Å². The monoisotopic (exact) mass is 478 g/mol. The molecule has 1 atom stereocenters. The zero-order valence-electron chi connectivity index (χ0n) is 20.8. The Morgan fingerprint density at radius 2 is 1.71 bits per heavy atom. The van der Waals surface area contributed by atoms with Crippen molar-refractivity contribution in [1.82, 2.24) is 4.90 Å². The number of rotatable bonds is 5. The minimum atomic E-state index is -0.982. The number of ether oxygens (including phenoxy) is 4. The molecule has 1 aromatic rings. The van der Waals surface area contributed by atoms with Crippen molar-refractivity contribution < 1.29 is 38.4 Å². The van der Waals surface area contributed by atoms with Gasteiger partial charge in [-0.1, -0.05) is 12.2 Å². The molecular weight excluding hydrogens is 444 g/mol. The van der Waals surface area contributed by atoms with Gasteiger partial charge in [-0.05, 0) is 54.0 Å². The topological polar surface area (TPSA) is 124 Å². The van der Waals surface area contributed by atoms with Gasteiger partial charge in [0.15, 0.2) is 11.5 Å². The third kappa shape index (κ3) is 7.38. The first-order valence-corrected chi connectivity index (χ1v) is 10.8. The summed E-state index contributed by atoms with van der Waals surface area (Å²) in [7, 11) is 1.35. The Bertz CT molecular complexity index is 959. The van der Waals surface area contributed by atoms with Gasteiger partial charge in [0.1, 0.15) is 11.2 Å². The van der Waals surface area contributed by atoms with Crippen LogP contribution in [0.4, 0.5) is 15.3 Å². The largest absolute Gasteiger partial charge is 0.514 e. The fourth-order valence-electron chi connectivity index (χ4n) is 3.29. The molecular formula is C24H34N2O8. The number of likely N-dealkylation sites (tertiary alicyclic amines) is 1. The predicted octanol–water partition coefficient (Wildman–Crippen LogP) is 4.12. The average molecular weight is 479 g/mol. The number of aliphatic hydroxyl groups is 1. The summed E-state index contributed by atoms with van der Waals surface area (Å²) in [4.78, 5) is 39.6. The molecule has 0 unspecified atom stereocenters. The Morgan fingerprint density at radius 3 is 2.24 bits per heavy atom. The molecule has 2 amide bonds. The SMILES string of the molecule is C=C1C[C@@H](CO)N(C(=O)c2cc(OC)c(OC(=O)OC(C)(C)C)cc2NC(=O)OC(C)(C)C)C1. The normalized spacial score (nSPS) is 16.2. The van der Waals surface area contributed by atoms with Gasteiger partial charge in [-0.15, -0.1) is 0 Å². The second kappa shape index (κ2) is 10.3. The lowest BCUT2D eigenvalue weighted by atomic mass is 10.1. The van der Waals surface area contributed by atoms with Crippen molar-refractivity contribution in [1.29, 1.82) is 0 Å². The van der Waals surface area contributed by atoms with Crippen LogP contribution < -0.4 is 14.8 Å². The standard InChI is InChI=1S/C24H34N2O8/c1-14-9-15(13-27)26(12-14)20(28)16-10-18(31-8)19(32-22(30)34-24(5,6)7)11-17(16)25-21(29)33-23(2,3)4/h10-11,15,27H,1,9,12-13H2,2-8H3,(H,25,29)/t15-/m0/s1. The molecule has 1 fully saturated rings. The van der Waals surface area contributed by atoms with Gasteiger partial charge in [0.25, 0.3) is 5.91 Å². The number of anilines is 1. The van der Waals surface area contributed by atoms with Gasteiger partial charge in [-0.25, -0.2) is 9.59 Å². The molecule has 34 heavy (non-hydrogen) atoms. The van der Waals surface area contributed by atoms with Gasteiger partial charge in [-0.3, -0.25) is 10.1 Å². The minimum Gasteiger partial charge on any atom is -0.493 e. The summed E-state index contributed by atoms with van der Waals surface area (Å²) in [5.41, 5.74) is -0.688. The summed E-state index contributed by atoms with van der Waals surface area (Å²) in [5.74, 6) is -0.461. The number of hydrogen-bond acceptors (Lipinski definition) is 8. The summed E-state index contributed by atoms with van der Waals surface area (Å²) in [6.45, 7) is 14.1. The van der Waals surface area contributed by atoms with Gasteiger partial charge in [-0.2, -0.15) is 0 Å². The zero-order chi connectivity index (χ0) is 25.8. The molecule has 0 bridgehead atoms. The molecule has 1 aromatic carbocycles. The van der Waals surface area contributed by atoms with Crippen molar-refractivity contribution in [2.45, 2.75) is 65.2 Å². The molecule has 188 valence electrons. The molecule has 0 aliphatic carbocycles. The van der Waals surface area contributed by atoms with Crippen LogP contribution in [0.15, 0.2) is 24.3 Å². The van der Waals surface area contributed by atoms with E-state index in [0.717, 1.165) is 5.57 Å². The molecule has 10 nitrogen and oxygen atoms in total. The summed E-state index contributed by atoms with van der Waals surface area (Å²) in [5, 5.41) is 12.3. The van der Waals surface area contributed by atoms with E-state index in [1.54, 1.807) is 41.5 Å². The lowest BCUT2D eigenvalue weighted by molar-refractivity contribution is 0.0201. The summed E-state index contributed by atoms with van der Waals surface area (Å²) >= 11 is 0. The number of methoxy groups -OCH3 is 1. The van der Waals surface area contributed by atoms with Crippen molar-refractivity contribution >= 4 is 23.8 Å². The highest BCUT2D eigenvalue weighted by molar-refractivity contribution is 6.04. The average Bonchev–Trinajstić information content (AvgIpc) is 3.05. The fourth-order valence-corrected chi connectivity index (χ4v) is 3.29. The highest BCUT2D eigenvalue weighted by atomic mass is 16.7. The first-order valence-electron chi connectivity index (χ1n) is 10.8. The smallest absolute Gasteiger partial charge is 0.493 e. The quantitative estimate of drug-likeness (QED) is 0.368. The number of carbonyl (C=O) groups excluding carboxylic acids is 3. The maximum atomic E-state index is 13.4. The number of aliphatic hydroxyl groups excluding tert-OH is 1. The number of nitrogens with one attached hydrogen (secondary N) is 1. The van der Waals surface area contributed by atoms with Gasteiger partial charge >= 0.3 is 12.2 Å². The fraction of sp³-hybridized carbons (Fsp3) is 0.542. The highest BCUT2D eigenvalue weighted by Gasteiger charge is 2.33. The van der Waals surface area contributed by atoms with E-state index in [1.807, 2.05) is 0 Å². The van der Waals surface area contributed by atoms with E-state index in [4.69, 9.17) is 18.9 Å². The Labute approximate surface area is 199 Å². The first-order chi connectivity index (χ1) is 15.6. The third-order valence-electron chi connectivity index (χ3n) is 4.58. The van der Waals surface area contributed by atoms with Crippen molar-refractivity contribution in [2.75, 3.05) is 25.6 Å². The van der Waals surface area contributed by atoms with E-state index < -0.39 is 35.4 Å². The van der Waals surface area contributed by atoms with Gasteiger partial charge in [0.2, 0.25) is 0 Å². The van der Waals surface area contributed by atoms with E-state index in [-0.39, 0.29) is 35.9 Å². The van der Waals surface area contributed by atoms with Gasteiger partial charge in [0.05, 0.1) is 31.0 Å². The maximum absolute atomic E-state index is 13.4. The lowest BCUT2D eigenvalue weighted by Gasteiger charge is -2.25. The lowest BCUT2D eigenvalue weighted by Crippen LogP contribution is -2.38. The molecule has 0 saturated carbocycles.